The number of hydrogen-bond acceptors (Lipinski definition) is 4. The highest BCUT2D eigenvalue weighted by molar-refractivity contribution is 5.25. The fraction of sp³-hybridized carbons (Fsp3) is 0.312. The first-order valence-corrected chi connectivity index (χ1v) is 7.54. The van der Waals surface area contributed by atoms with E-state index in [9.17, 15) is 13.9 Å². The van der Waals surface area contributed by atoms with Crippen molar-refractivity contribution in [2.45, 2.75) is 32.0 Å². The van der Waals surface area contributed by atoms with Crippen LogP contribution in [0, 0.1) is 11.6 Å². The molecule has 0 aliphatic heterocycles. The molecule has 0 bridgehead atoms. The molecular formula is C16H17F2N5O. The first-order chi connectivity index (χ1) is 11.5. The topological polar surface area (TPSA) is 68.8 Å². The summed E-state index contributed by atoms with van der Waals surface area (Å²) < 4.78 is 30.4. The molecule has 1 N–H and O–H groups in total. The van der Waals surface area contributed by atoms with Crippen LogP contribution in [0.4, 0.5) is 8.78 Å². The summed E-state index contributed by atoms with van der Waals surface area (Å²) in [6.45, 7) is 1.89. The highest BCUT2D eigenvalue weighted by Gasteiger charge is 2.34. The highest BCUT2D eigenvalue weighted by Crippen LogP contribution is 2.28. The average molecular weight is 333 g/mol. The molecule has 126 valence electrons. The van der Waals surface area contributed by atoms with Gasteiger partial charge in [-0.25, -0.2) is 13.5 Å². The number of nitrogens with zero attached hydrogens (tertiary/aromatic N) is 5. The maximum Gasteiger partial charge on any atom is 0.132 e. The zero-order valence-electron chi connectivity index (χ0n) is 13.1. The Bertz CT molecular complexity index is 818. The van der Waals surface area contributed by atoms with Crippen LogP contribution >= 0.6 is 0 Å². The Kier molecular flexibility index (Phi) is 4.39. The third-order valence-corrected chi connectivity index (χ3v) is 3.79. The molecule has 0 radical (unpaired) electrons. The molecule has 1 atom stereocenters. The predicted molar refractivity (Wildman–Crippen MR) is 81.9 cm³/mol. The number of aromatic nitrogens is 5. The Labute approximate surface area is 137 Å². The van der Waals surface area contributed by atoms with Gasteiger partial charge in [0.05, 0.1) is 18.8 Å². The van der Waals surface area contributed by atoms with Gasteiger partial charge in [-0.1, -0.05) is 18.2 Å². The summed E-state index contributed by atoms with van der Waals surface area (Å²) in [4.78, 5) is 0. The maximum absolute atomic E-state index is 14.3. The minimum atomic E-state index is -1.66. The molecule has 3 aromatic rings. The summed E-state index contributed by atoms with van der Waals surface area (Å²) in [6.07, 6.45) is 5.61. The molecule has 3 rings (SSSR count). The van der Waals surface area contributed by atoms with Crippen molar-refractivity contribution in [3.05, 3.63) is 65.7 Å². The van der Waals surface area contributed by atoms with Crippen molar-refractivity contribution in [2.75, 3.05) is 0 Å². The smallest absolute Gasteiger partial charge is 0.132 e. The summed E-state index contributed by atoms with van der Waals surface area (Å²) in [6, 6.07) is 4.81. The third kappa shape index (κ3) is 3.33. The molecule has 24 heavy (non-hydrogen) atoms. The fourth-order valence-electron chi connectivity index (χ4n) is 2.59. The first kappa shape index (κ1) is 16.3. The first-order valence-electron chi connectivity index (χ1n) is 7.54. The van der Waals surface area contributed by atoms with Gasteiger partial charge in [-0.05, 0) is 18.6 Å². The van der Waals surface area contributed by atoms with Crippen LogP contribution in [0.15, 0.2) is 42.9 Å². The molecule has 0 saturated heterocycles. The molecule has 0 saturated carbocycles. The Hall–Kier alpha value is -2.61. The number of benzene rings is 1. The lowest BCUT2D eigenvalue weighted by Crippen LogP contribution is -2.37. The average Bonchev–Trinajstić information content (AvgIpc) is 3.18. The van der Waals surface area contributed by atoms with E-state index >= 15 is 0 Å². The molecular weight excluding hydrogens is 316 g/mol. The second-order valence-corrected chi connectivity index (χ2v) is 5.62. The van der Waals surface area contributed by atoms with Crippen molar-refractivity contribution in [3.63, 3.8) is 0 Å². The van der Waals surface area contributed by atoms with Crippen LogP contribution < -0.4 is 0 Å². The molecule has 1 unspecified atom stereocenters. The standard InChI is InChI=1S/C16H17F2N5O/c1-2-13-9-23(21-20-13)11-16(24,10-22-7-3-6-19-22)14-5-4-12(17)8-15(14)18/h3-9,24H,2,10-11H2,1H3. The molecule has 0 amide bonds. The number of aliphatic hydroxyl groups is 1. The number of hydrogen-bond donors (Lipinski definition) is 1. The van der Waals surface area contributed by atoms with Crippen molar-refractivity contribution < 1.29 is 13.9 Å². The minimum absolute atomic E-state index is 0.0100. The van der Waals surface area contributed by atoms with Gasteiger partial charge in [0.15, 0.2) is 0 Å². The van der Waals surface area contributed by atoms with Crippen molar-refractivity contribution >= 4 is 0 Å². The molecule has 2 heterocycles. The highest BCUT2D eigenvalue weighted by atomic mass is 19.1. The van der Waals surface area contributed by atoms with Gasteiger partial charge in [-0.3, -0.25) is 4.68 Å². The van der Waals surface area contributed by atoms with Crippen LogP contribution in [-0.2, 0) is 25.1 Å². The van der Waals surface area contributed by atoms with E-state index in [-0.39, 0.29) is 18.7 Å². The van der Waals surface area contributed by atoms with Crippen LogP contribution in [0.5, 0.6) is 0 Å². The maximum atomic E-state index is 14.3. The second-order valence-electron chi connectivity index (χ2n) is 5.62. The lowest BCUT2D eigenvalue weighted by Gasteiger charge is -2.28. The van der Waals surface area contributed by atoms with Crippen LogP contribution in [0.2, 0.25) is 0 Å². The van der Waals surface area contributed by atoms with Crippen LogP contribution in [-0.4, -0.2) is 29.9 Å². The summed E-state index contributed by atoms with van der Waals surface area (Å²) in [5, 5.41) is 23.1. The van der Waals surface area contributed by atoms with Gasteiger partial charge in [-0.15, -0.1) is 5.10 Å². The Morgan fingerprint density at radius 3 is 2.62 bits per heavy atom. The quantitative estimate of drug-likeness (QED) is 0.748. The lowest BCUT2D eigenvalue weighted by molar-refractivity contribution is -0.00882. The fourth-order valence-corrected chi connectivity index (χ4v) is 2.59. The molecule has 0 spiro atoms. The van der Waals surface area contributed by atoms with E-state index in [2.05, 4.69) is 15.4 Å². The predicted octanol–water partition coefficient (Wildman–Crippen LogP) is 1.90. The molecule has 0 aliphatic rings. The van der Waals surface area contributed by atoms with Crippen LogP contribution in [0.25, 0.3) is 0 Å². The Morgan fingerprint density at radius 1 is 1.21 bits per heavy atom. The van der Waals surface area contributed by atoms with Crippen molar-refractivity contribution in [1.82, 2.24) is 24.8 Å². The number of rotatable bonds is 6. The van der Waals surface area contributed by atoms with E-state index in [0.29, 0.717) is 6.42 Å². The van der Waals surface area contributed by atoms with E-state index in [1.54, 1.807) is 24.7 Å². The van der Waals surface area contributed by atoms with E-state index in [4.69, 9.17) is 0 Å². The Balaban J connectivity index is 1.99. The van der Waals surface area contributed by atoms with E-state index in [1.165, 1.54) is 15.4 Å². The number of halogens is 2. The largest absolute Gasteiger partial charge is 0.381 e. The normalized spacial score (nSPS) is 13.8. The summed E-state index contributed by atoms with van der Waals surface area (Å²) in [7, 11) is 0. The molecule has 1 aromatic carbocycles. The van der Waals surface area contributed by atoms with Crippen molar-refractivity contribution in [3.8, 4) is 0 Å². The van der Waals surface area contributed by atoms with Crippen LogP contribution in [0.3, 0.4) is 0 Å². The molecule has 8 heteroatoms. The second kappa shape index (κ2) is 6.48. The van der Waals surface area contributed by atoms with Crippen LogP contribution in [0.1, 0.15) is 18.2 Å². The molecule has 6 nitrogen and oxygen atoms in total. The zero-order valence-corrected chi connectivity index (χ0v) is 13.1. The molecule has 0 fully saturated rings. The van der Waals surface area contributed by atoms with E-state index < -0.39 is 17.2 Å². The van der Waals surface area contributed by atoms with Gasteiger partial charge in [0, 0.05) is 30.2 Å². The summed E-state index contributed by atoms with van der Waals surface area (Å²) >= 11 is 0. The van der Waals surface area contributed by atoms with E-state index in [0.717, 1.165) is 17.8 Å². The van der Waals surface area contributed by atoms with Crippen molar-refractivity contribution in [1.29, 1.82) is 0 Å². The minimum Gasteiger partial charge on any atom is -0.381 e. The monoisotopic (exact) mass is 333 g/mol. The van der Waals surface area contributed by atoms with Gasteiger partial charge < -0.3 is 5.11 Å². The summed E-state index contributed by atoms with van der Waals surface area (Å²) in [5.74, 6) is -1.52. The zero-order chi connectivity index (χ0) is 17.2. The molecule has 0 aliphatic carbocycles. The van der Waals surface area contributed by atoms with Crippen molar-refractivity contribution in [2.24, 2.45) is 0 Å². The van der Waals surface area contributed by atoms with Gasteiger partial charge >= 0.3 is 0 Å². The van der Waals surface area contributed by atoms with Gasteiger partial charge in [0.1, 0.15) is 17.2 Å². The molecule has 2 aromatic heterocycles. The van der Waals surface area contributed by atoms with E-state index in [1.807, 2.05) is 6.92 Å². The summed E-state index contributed by atoms with van der Waals surface area (Å²) in [5.41, 5.74) is -0.924. The SMILES string of the molecule is CCc1cn(CC(O)(Cn2cccn2)c2ccc(F)cc2F)nn1. The Morgan fingerprint density at radius 2 is 2.00 bits per heavy atom. The van der Waals surface area contributed by atoms with Gasteiger partial charge in [0.25, 0.3) is 0 Å². The van der Waals surface area contributed by atoms with Gasteiger partial charge in [-0.2, -0.15) is 5.10 Å². The van der Waals surface area contributed by atoms with Gasteiger partial charge in [0.2, 0.25) is 0 Å². The number of aryl methyl sites for hydroxylation is 1. The lowest BCUT2D eigenvalue weighted by atomic mass is 9.93. The third-order valence-electron chi connectivity index (χ3n) is 3.79.